The predicted octanol–water partition coefficient (Wildman–Crippen LogP) is 2.43. The second kappa shape index (κ2) is 6.25. The number of rotatable bonds is 3. The number of anilines is 1. The van der Waals surface area contributed by atoms with Gasteiger partial charge in [0.15, 0.2) is 0 Å². The second-order valence-electron chi connectivity index (χ2n) is 5.84. The van der Waals surface area contributed by atoms with E-state index in [1.165, 1.54) is 12.1 Å². The van der Waals surface area contributed by atoms with Crippen molar-refractivity contribution in [3.63, 3.8) is 0 Å². The van der Waals surface area contributed by atoms with E-state index >= 15 is 0 Å². The molecule has 0 unspecified atom stereocenters. The Labute approximate surface area is 132 Å². The minimum atomic E-state index is -4.71. The highest BCUT2D eigenvalue weighted by atomic mass is 19.4. The molecule has 0 spiro atoms. The summed E-state index contributed by atoms with van der Waals surface area (Å²) in [4.78, 5) is 20.0. The Bertz CT molecular complexity index is 558. The first-order valence-corrected chi connectivity index (χ1v) is 7.68. The number of carbonyl (C=O) groups excluding carboxylic acids is 1. The van der Waals surface area contributed by atoms with Gasteiger partial charge in [-0.25, -0.2) is 4.98 Å². The van der Waals surface area contributed by atoms with Gasteiger partial charge >= 0.3 is 6.36 Å². The van der Waals surface area contributed by atoms with E-state index in [4.69, 9.17) is 0 Å². The van der Waals surface area contributed by atoms with Crippen LogP contribution < -0.4 is 9.64 Å². The number of carbonyl (C=O) groups is 1. The molecule has 2 aliphatic rings. The van der Waals surface area contributed by atoms with Crippen LogP contribution in [0.4, 0.5) is 19.0 Å². The van der Waals surface area contributed by atoms with Crippen LogP contribution in [-0.2, 0) is 4.79 Å². The lowest BCUT2D eigenvalue weighted by atomic mass is 10.3. The van der Waals surface area contributed by atoms with Crippen molar-refractivity contribution in [2.75, 3.05) is 31.1 Å². The minimum Gasteiger partial charge on any atom is -0.404 e. The Morgan fingerprint density at radius 1 is 1.17 bits per heavy atom. The van der Waals surface area contributed by atoms with Crippen molar-refractivity contribution in [2.45, 2.75) is 25.6 Å². The van der Waals surface area contributed by atoms with Crippen molar-refractivity contribution in [2.24, 2.45) is 5.92 Å². The molecule has 0 aromatic carbocycles. The number of amides is 1. The molecule has 2 fully saturated rings. The summed E-state index contributed by atoms with van der Waals surface area (Å²) in [7, 11) is 0. The van der Waals surface area contributed by atoms with Crippen molar-refractivity contribution in [1.29, 1.82) is 0 Å². The molecule has 1 aromatic rings. The lowest BCUT2D eigenvalue weighted by molar-refractivity contribution is -0.274. The van der Waals surface area contributed by atoms with Crippen LogP contribution in [0.25, 0.3) is 0 Å². The molecule has 1 amide bonds. The van der Waals surface area contributed by atoms with Gasteiger partial charge in [0.2, 0.25) is 5.91 Å². The molecule has 8 heteroatoms. The molecule has 1 aliphatic heterocycles. The maximum absolute atomic E-state index is 12.1. The normalized spacial score (nSPS) is 19.4. The maximum atomic E-state index is 12.1. The van der Waals surface area contributed by atoms with E-state index in [1.54, 1.807) is 0 Å². The Balaban J connectivity index is 1.59. The van der Waals surface area contributed by atoms with Gasteiger partial charge in [0.05, 0.1) is 6.20 Å². The van der Waals surface area contributed by atoms with Crippen molar-refractivity contribution in [1.82, 2.24) is 9.88 Å². The zero-order valence-electron chi connectivity index (χ0n) is 12.6. The fourth-order valence-corrected chi connectivity index (χ4v) is 2.71. The molecule has 0 N–H and O–H groups in total. The fourth-order valence-electron chi connectivity index (χ4n) is 2.71. The van der Waals surface area contributed by atoms with E-state index in [2.05, 4.69) is 9.72 Å². The fraction of sp³-hybridized carbons (Fsp3) is 0.600. The van der Waals surface area contributed by atoms with Crippen LogP contribution in [0.2, 0.25) is 0 Å². The van der Waals surface area contributed by atoms with Gasteiger partial charge in [-0.2, -0.15) is 0 Å². The van der Waals surface area contributed by atoms with Crippen molar-refractivity contribution in [3.05, 3.63) is 18.3 Å². The highest BCUT2D eigenvalue weighted by Crippen LogP contribution is 2.31. The zero-order chi connectivity index (χ0) is 16.4. The number of halogens is 3. The van der Waals surface area contributed by atoms with Gasteiger partial charge in [0.25, 0.3) is 0 Å². The van der Waals surface area contributed by atoms with Crippen LogP contribution in [-0.4, -0.2) is 48.3 Å². The Morgan fingerprint density at radius 2 is 1.96 bits per heavy atom. The quantitative estimate of drug-likeness (QED) is 0.854. The van der Waals surface area contributed by atoms with E-state index in [1.807, 2.05) is 9.80 Å². The smallest absolute Gasteiger partial charge is 0.404 e. The number of hydrogen-bond acceptors (Lipinski definition) is 4. The van der Waals surface area contributed by atoms with Crippen molar-refractivity contribution in [3.8, 4) is 5.75 Å². The molecule has 0 atom stereocenters. The van der Waals surface area contributed by atoms with Crippen molar-refractivity contribution >= 4 is 11.7 Å². The monoisotopic (exact) mass is 329 g/mol. The third-order valence-electron chi connectivity index (χ3n) is 4.01. The maximum Gasteiger partial charge on any atom is 0.573 e. The van der Waals surface area contributed by atoms with Crippen LogP contribution in [0, 0.1) is 5.92 Å². The van der Waals surface area contributed by atoms with E-state index in [0.29, 0.717) is 18.9 Å². The van der Waals surface area contributed by atoms with Crippen LogP contribution in [0.15, 0.2) is 18.3 Å². The average molecular weight is 329 g/mol. The summed E-state index contributed by atoms with van der Waals surface area (Å²) in [5.41, 5.74) is 0. The summed E-state index contributed by atoms with van der Waals surface area (Å²) in [6.07, 6.45) is -0.847. The zero-order valence-corrected chi connectivity index (χ0v) is 12.6. The molecule has 1 saturated carbocycles. The lowest BCUT2D eigenvalue weighted by Gasteiger charge is -2.23. The van der Waals surface area contributed by atoms with Crippen LogP contribution in [0.5, 0.6) is 5.75 Å². The molecule has 1 saturated heterocycles. The molecule has 126 valence electrons. The number of aromatic nitrogens is 1. The molecule has 0 radical (unpaired) electrons. The largest absolute Gasteiger partial charge is 0.573 e. The molecular weight excluding hydrogens is 311 g/mol. The van der Waals surface area contributed by atoms with E-state index < -0.39 is 6.36 Å². The second-order valence-corrected chi connectivity index (χ2v) is 5.84. The first-order chi connectivity index (χ1) is 10.9. The van der Waals surface area contributed by atoms with Gasteiger partial charge in [0.1, 0.15) is 11.6 Å². The van der Waals surface area contributed by atoms with E-state index in [-0.39, 0.29) is 17.6 Å². The summed E-state index contributed by atoms with van der Waals surface area (Å²) in [6.45, 7) is 2.70. The highest BCUT2D eigenvalue weighted by Gasteiger charge is 2.34. The summed E-state index contributed by atoms with van der Waals surface area (Å²) in [6, 6.07) is 2.77. The number of pyridine rings is 1. The third-order valence-corrected chi connectivity index (χ3v) is 4.01. The van der Waals surface area contributed by atoms with Crippen LogP contribution >= 0.6 is 0 Å². The molecule has 1 aromatic heterocycles. The van der Waals surface area contributed by atoms with Gasteiger partial charge in [-0.05, 0) is 31.4 Å². The first kappa shape index (κ1) is 15.9. The molecule has 1 aliphatic carbocycles. The lowest BCUT2D eigenvalue weighted by Crippen LogP contribution is -2.36. The van der Waals surface area contributed by atoms with Crippen LogP contribution in [0.1, 0.15) is 19.3 Å². The van der Waals surface area contributed by atoms with Gasteiger partial charge in [-0.15, -0.1) is 13.2 Å². The molecule has 23 heavy (non-hydrogen) atoms. The van der Waals surface area contributed by atoms with Gasteiger partial charge in [0, 0.05) is 32.1 Å². The molecule has 3 rings (SSSR count). The standard InChI is InChI=1S/C15H18F3N3O2/c16-15(17,18)23-12-4-5-13(19-10-12)20-6-1-7-21(9-8-20)14(22)11-2-3-11/h4-5,10-11H,1-3,6-9H2. The summed E-state index contributed by atoms with van der Waals surface area (Å²) >= 11 is 0. The first-order valence-electron chi connectivity index (χ1n) is 7.68. The van der Waals surface area contributed by atoms with Crippen molar-refractivity contribution < 1.29 is 22.7 Å². The molecular formula is C15H18F3N3O2. The minimum absolute atomic E-state index is 0.207. The average Bonchev–Trinajstić information content (AvgIpc) is 3.32. The highest BCUT2D eigenvalue weighted by molar-refractivity contribution is 5.81. The topological polar surface area (TPSA) is 45.7 Å². The third kappa shape index (κ3) is 4.27. The Kier molecular flexibility index (Phi) is 4.32. The van der Waals surface area contributed by atoms with E-state index in [9.17, 15) is 18.0 Å². The van der Waals surface area contributed by atoms with Crippen LogP contribution in [0.3, 0.4) is 0 Å². The number of alkyl halides is 3. The summed E-state index contributed by atoms with van der Waals surface area (Å²) in [5, 5.41) is 0. The number of ether oxygens (including phenoxy) is 1. The number of nitrogens with zero attached hydrogens (tertiary/aromatic N) is 3. The van der Waals surface area contributed by atoms with Gasteiger partial charge in [-0.3, -0.25) is 4.79 Å². The Hall–Kier alpha value is -1.99. The molecule has 0 bridgehead atoms. The molecule has 5 nitrogen and oxygen atoms in total. The summed E-state index contributed by atoms with van der Waals surface area (Å²) in [5.74, 6) is 0.703. The SMILES string of the molecule is O=C(C1CC1)N1CCCN(c2ccc(OC(F)(F)F)cn2)CC1. The molecule has 2 heterocycles. The Morgan fingerprint density at radius 3 is 2.57 bits per heavy atom. The van der Waals surface area contributed by atoms with Gasteiger partial charge in [-0.1, -0.05) is 0 Å². The number of hydrogen-bond donors (Lipinski definition) is 0. The van der Waals surface area contributed by atoms with Gasteiger partial charge < -0.3 is 14.5 Å². The van der Waals surface area contributed by atoms with E-state index in [0.717, 1.165) is 38.5 Å². The summed E-state index contributed by atoms with van der Waals surface area (Å²) < 4.78 is 40.2. The predicted molar refractivity (Wildman–Crippen MR) is 77.1 cm³/mol.